The van der Waals surface area contributed by atoms with Gasteiger partial charge < -0.3 is 14.1 Å². The number of nitrogens with zero attached hydrogens (tertiary/aromatic N) is 2. The number of fused-ring (bicyclic) bond motifs is 1. The van der Waals surface area contributed by atoms with E-state index in [0.29, 0.717) is 5.56 Å². The Morgan fingerprint density at radius 1 is 1.19 bits per heavy atom. The number of ketones is 1. The predicted octanol–water partition coefficient (Wildman–Crippen LogP) is 2.58. The molecular weight excluding hydrogens is 351 g/mol. The maximum absolute atomic E-state index is 13.4. The molecule has 0 aliphatic rings. The van der Waals surface area contributed by atoms with Gasteiger partial charge in [0, 0.05) is 24.0 Å². The molecule has 3 aromatic rings. The molecule has 1 N–H and O–H groups in total. The summed E-state index contributed by atoms with van der Waals surface area (Å²) in [5.41, 5.74) is -2.17. The van der Waals surface area contributed by atoms with E-state index in [4.69, 9.17) is 0 Å². The lowest BCUT2D eigenvalue weighted by Gasteiger charge is -2.17. The molecule has 0 saturated heterocycles. The van der Waals surface area contributed by atoms with E-state index in [1.807, 2.05) is 0 Å². The molecule has 0 aliphatic carbocycles. The van der Waals surface area contributed by atoms with Gasteiger partial charge in [0.2, 0.25) is 5.43 Å². The molecule has 6 nitrogen and oxygen atoms in total. The van der Waals surface area contributed by atoms with Crippen LogP contribution in [-0.4, -0.2) is 19.9 Å². The SMILES string of the molecule is CC(C)(C)C(=O)c1cn2ccn(Cc3cccc(F)c3)c(=O)c2c(O)c1=O. The molecule has 7 heteroatoms. The number of halogens is 1. The quantitative estimate of drug-likeness (QED) is 0.719. The van der Waals surface area contributed by atoms with Gasteiger partial charge >= 0.3 is 0 Å². The van der Waals surface area contributed by atoms with Crippen LogP contribution in [0.3, 0.4) is 0 Å². The molecule has 0 unspecified atom stereocenters. The summed E-state index contributed by atoms with van der Waals surface area (Å²) in [6.07, 6.45) is 4.18. The fourth-order valence-corrected chi connectivity index (χ4v) is 2.83. The average molecular weight is 370 g/mol. The van der Waals surface area contributed by atoms with Crippen LogP contribution in [0.5, 0.6) is 5.75 Å². The number of carbonyl (C=O) groups is 1. The summed E-state index contributed by atoms with van der Waals surface area (Å²) < 4.78 is 15.9. The van der Waals surface area contributed by atoms with Crippen LogP contribution < -0.4 is 11.0 Å². The highest BCUT2D eigenvalue weighted by Crippen LogP contribution is 2.21. The molecule has 0 atom stereocenters. The Balaban J connectivity index is 2.17. The molecule has 0 aliphatic heterocycles. The first-order valence-corrected chi connectivity index (χ1v) is 8.36. The summed E-state index contributed by atoms with van der Waals surface area (Å²) >= 11 is 0. The minimum Gasteiger partial charge on any atom is -0.503 e. The number of benzene rings is 1. The number of carbonyl (C=O) groups excluding carboxylic acids is 1. The Bertz CT molecular complexity index is 1170. The van der Waals surface area contributed by atoms with Gasteiger partial charge in [-0.15, -0.1) is 0 Å². The van der Waals surface area contributed by atoms with Crippen LogP contribution in [0.4, 0.5) is 4.39 Å². The molecule has 0 saturated carbocycles. The predicted molar refractivity (Wildman–Crippen MR) is 98.9 cm³/mol. The summed E-state index contributed by atoms with van der Waals surface area (Å²) in [4.78, 5) is 37.7. The van der Waals surface area contributed by atoms with E-state index >= 15 is 0 Å². The van der Waals surface area contributed by atoms with Gasteiger partial charge in [-0.1, -0.05) is 32.9 Å². The standard InChI is InChI=1S/C20H19FN2O4/c1-20(2,3)18(26)14-11-22-7-8-23(10-12-5-4-6-13(21)9-12)19(27)15(22)17(25)16(14)24/h4-9,11,25H,10H2,1-3H3. The Hall–Kier alpha value is -3.22. The minimum atomic E-state index is -0.879. The van der Waals surface area contributed by atoms with Gasteiger partial charge in [0.15, 0.2) is 17.0 Å². The van der Waals surface area contributed by atoms with Crippen molar-refractivity contribution in [1.82, 2.24) is 8.97 Å². The van der Waals surface area contributed by atoms with Crippen LogP contribution >= 0.6 is 0 Å². The van der Waals surface area contributed by atoms with Crippen molar-refractivity contribution in [1.29, 1.82) is 0 Å². The molecule has 0 amide bonds. The normalized spacial score (nSPS) is 11.7. The number of aromatic nitrogens is 2. The van der Waals surface area contributed by atoms with E-state index in [1.165, 1.54) is 45.8 Å². The number of pyridine rings is 1. The van der Waals surface area contributed by atoms with E-state index in [9.17, 15) is 23.9 Å². The van der Waals surface area contributed by atoms with Gasteiger partial charge in [-0.2, -0.15) is 0 Å². The van der Waals surface area contributed by atoms with E-state index in [0.717, 1.165) is 0 Å². The zero-order chi connectivity index (χ0) is 19.9. The lowest BCUT2D eigenvalue weighted by atomic mass is 9.87. The monoisotopic (exact) mass is 370 g/mol. The fraction of sp³-hybridized carbons (Fsp3) is 0.250. The van der Waals surface area contributed by atoms with Crippen molar-refractivity contribution in [2.75, 3.05) is 0 Å². The highest BCUT2D eigenvalue weighted by molar-refractivity contribution is 6.00. The number of Topliss-reactive ketones (excluding diaryl/α,β-unsaturated/α-hetero) is 1. The zero-order valence-electron chi connectivity index (χ0n) is 15.2. The smallest absolute Gasteiger partial charge is 0.279 e. The molecule has 0 radical (unpaired) electrons. The van der Waals surface area contributed by atoms with Crippen molar-refractivity contribution in [3.05, 3.63) is 80.4 Å². The summed E-state index contributed by atoms with van der Waals surface area (Å²) in [5, 5.41) is 10.3. The van der Waals surface area contributed by atoms with Gasteiger partial charge in [0.25, 0.3) is 5.56 Å². The first kappa shape index (κ1) is 18.6. The van der Waals surface area contributed by atoms with Gasteiger partial charge in [0.05, 0.1) is 12.1 Å². The molecule has 3 rings (SSSR count). The third-order valence-corrected chi connectivity index (χ3v) is 4.25. The van der Waals surface area contributed by atoms with Gasteiger partial charge in [-0.3, -0.25) is 14.4 Å². The largest absolute Gasteiger partial charge is 0.503 e. The topological polar surface area (TPSA) is 80.8 Å². The van der Waals surface area contributed by atoms with Crippen molar-refractivity contribution >= 4 is 11.3 Å². The minimum absolute atomic E-state index is 0.0728. The van der Waals surface area contributed by atoms with Crippen LogP contribution in [0.25, 0.3) is 5.52 Å². The van der Waals surface area contributed by atoms with Crippen molar-refractivity contribution in [2.45, 2.75) is 27.3 Å². The van der Waals surface area contributed by atoms with Crippen LogP contribution in [0.1, 0.15) is 36.7 Å². The second-order valence-corrected chi connectivity index (χ2v) is 7.42. The fourth-order valence-electron chi connectivity index (χ4n) is 2.83. The highest BCUT2D eigenvalue weighted by Gasteiger charge is 2.27. The van der Waals surface area contributed by atoms with E-state index in [2.05, 4.69) is 0 Å². The molecule has 2 heterocycles. The van der Waals surface area contributed by atoms with Crippen molar-refractivity contribution < 1.29 is 14.3 Å². The Morgan fingerprint density at radius 3 is 2.52 bits per heavy atom. The van der Waals surface area contributed by atoms with Crippen LogP contribution in [0.2, 0.25) is 0 Å². The van der Waals surface area contributed by atoms with Gasteiger partial charge in [-0.05, 0) is 17.7 Å². The molecule has 140 valence electrons. The summed E-state index contributed by atoms with van der Waals surface area (Å²) in [6.45, 7) is 5.07. The molecular formula is C20H19FN2O4. The van der Waals surface area contributed by atoms with E-state index < -0.39 is 33.8 Å². The second-order valence-electron chi connectivity index (χ2n) is 7.42. The first-order chi connectivity index (χ1) is 12.6. The van der Waals surface area contributed by atoms with E-state index in [-0.39, 0.29) is 17.6 Å². The highest BCUT2D eigenvalue weighted by atomic mass is 19.1. The maximum Gasteiger partial charge on any atom is 0.279 e. The Labute approximate surface area is 154 Å². The maximum atomic E-state index is 13.4. The Kier molecular flexibility index (Phi) is 4.47. The van der Waals surface area contributed by atoms with Crippen molar-refractivity contribution in [2.24, 2.45) is 5.41 Å². The van der Waals surface area contributed by atoms with Crippen molar-refractivity contribution in [3.63, 3.8) is 0 Å². The Morgan fingerprint density at radius 2 is 1.89 bits per heavy atom. The number of hydrogen-bond acceptors (Lipinski definition) is 4. The molecule has 27 heavy (non-hydrogen) atoms. The third-order valence-electron chi connectivity index (χ3n) is 4.25. The van der Waals surface area contributed by atoms with Gasteiger partial charge in [0.1, 0.15) is 5.82 Å². The van der Waals surface area contributed by atoms with E-state index in [1.54, 1.807) is 26.8 Å². The molecule has 2 aromatic heterocycles. The lowest BCUT2D eigenvalue weighted by molar-refractivity contribution is 0.0856. The third kappa shape index (κ3) is 3.40. The summed E-state index contributed by atoms with van der Waals surface area (Å²) in [6, 6.07) is 5.79. The summed E-state index contributed by atoms with van der Waals surface area (Å²) in [5.74, 6) is -1.63. The second kappa shape index (κ2) is 6.50. The molecule has 1 aromatic carbocycles. The number of hydrogen-bond donors (Lipinski definition) is 1. The van der Waals surface area contributed by atoms with Crippen LogP contribution in [0, 0.1) is 11.2 Å². The lowest BCUT2D eigenvalue weighted by Crippen LogP contribution is -2.29. The van der Waals surface area contributed by atoms with Crippen molar-refractivity contribution in [3.8, 4) is 5.75 Å². The van der Waals surface area contributed by atoms with Crippen LogP contribution in [0.15, 0.2) is 52.4 Å². The molecule has 0 spiro atoms. The number of rotatable bonds is 3. The molecule has 0 bridgehead atoms. The average Bonchev–Trinajstić information content (AvgIpc) is 2.59. The molecule has 0 fully saturated rings. The first-order valence-electron chi connectivity index (χ1n) is 8.36. The van der Waals surface area contributed by atoms with Crippen LogP contribution in [-0.2, 0) is 6.54 Å². The number of aromatic hydroxyl groups is 1. The van der Waals surface area contributed by atoms with Gasteiger partial charge in [-0.25, -0.2) is 4.39 Å². The zero-order valence-corrected chi connectivity index (χ0v) is 15.2. The summed E-state index contributed by atoms with van der Waals surface area (Å²) in [7, 11) is 0.